The molecule has 0 aliphatic carbocycles. The van der Waals surface area contributed by atoms with Crippen LogP contribution in [0.3, 0.4) is 0 Å². The summed E-state index contributed by atoms with van der Waals surface area (Å²) in [5.41, 5.74) is 0. The maximum Gasteiger partial charge on any atom is 0.470 e. The fourth-order valence-electron chi connectivity index (χ4n) is 0.578. The van der Waals surface area contributed by atoms with Crippen molar-refractivity contribution in [1.82, 2.24) is 0 Å². The first kappa shape index (κ1) is 9.21. The van der Waals surface area contributed by atoms with Gasteiger partial charge in [-0.05, 0) is 0 Å². The van der Waals surface area contributed by atoms with E-state index in [9.17, 15) is 26.3 Å². The van der Waals surface area contributed by atoms with Gasteiger partial charge in [-0.3, -0.25) is 0 Å². The number of alkyl halides is 6. The number of hydrogen-bond acceptors (Lipinski definition) is 1. The zero-order chi connectivity index (χ0) is 9.62. The Morgan fingerprint density at radius 1 is 0.917 bits per heavy atom. The average Bonchev–Trinajstić information content (AvgIpc) is 1.83. The SMILES string of the molecule is FC1(F)C=COC(F)(F)C1(F)F. The van der Waals surface area contributed by atoms with E-state index in [0.717, 1.165) is 0 Å². The van der Waals surface area contributed by atoms with Gasteiger partial charge in [0.2, 0.25) is 0 Å². The molecule has 0 aromatic rings. The van der Waals surface area contributed by atoms with E-state index in [0.29, 0.717) is 0 Å². The van der Waals surface area contributed by atoms with Gasteiger partial charge in [0.25, 0.3) is 0 Å². The first-order valence-corrected chi connectivity index (χ1v) is 2.70. The molecule has 1 nitrogen and oxygen atoms in total. The summed E-state index contributed by atoms with van der Waals surface area (Å²) in [6.45, 7) is 0. The number of allylic oxidation sites excluding steroid dienone is 1. The van der Waals surface area contributed by atoms with Crippen molar-refractivity contribution >= 4 is 0 Å². The van der Waals surface area contributed by atoms with Gasteiger partial charge < -0.3 is 4.74 Å². The van der Waals surface area contributed by atoms with Crippen molar-refractivity contribution in [2.75, 3.05) is 0 Å². The van der Waals surface area contributed by atoms with Gasteiger partial charge >= 0.3 is 18.0 Å². The molecule has 0 saturated heterocycles. The standard InChI is InChI=1S/C5H2F6O/c6-3(7)1-2-12-5(10,11)4(3,8)9/h1-2H. The molecule has 0 unspecified atom stereocenters. The van der Waals surface area contributed by atoms with Gasteiger partial charge in [0.1, 0.15) is 0 Å². The number of rotatable bonds is 0. The van der Waals surface area contributed by atoms with Gasteiger partial charge in [0, 0.05) is 6.08 Å². The van der Waals surface area contributed by atoms with Gasteiger partial charge in [0.05, 0.1) is 6.26 Å². The lowest BCUT2D eigenvalue weighted by Gasteiger charge is -2.32. The smallest absolute Gasteiger partial charge is 0.436 e. The van der Waals surface area contributed by atoms with E-state index >= 15 is 0 Å². The average molecular weight is 192 g/mol. The van der Waals surface area contributed by atoms with E-state index in [1.165, 1.54) is 0 Å². The second-order valence-electron chi connectivity index (χ2n) is 2.13. The van der Waals surface area contributed by atoms with Gasteiger partial charge in [0.15, 0.2) is 0 Å². The molecule has 0 spiro atoms. The van der Waals surface area contributed by atoms with E-state index in [1.807, 2.05) is 0 Å². The van der Waals surface area contributed by atoms with Crippen molar-refractivity contribution in [3.8, 4) is 0 Å². The zero-order valence-electron chi connectivity index (χ0n) is 5.33. The van der Waals surface area contributed by atoms with E-state index in [1.54, 1.807) is 0 Å². The third-order valence-corrected chi connectivity index (χ3v) is 1.28. The number of halogens is 6. The van der Waals surface area contributed by atoms with Crippen LogP contribution in [-0.4, -0.2) is 18.0 Å². The molecular weight excluding hydrogens is 190 g/mol. The molecule has 0 amide bonds. The Hall–Kier alpha value is -0.880. The Bertz CT molecular complexity index is 220. The maximum absolute atomic E-state index is 12.1. The van der Waals surface area contributed by atoms with Crippen LogP contribution in [0.2, 0.25) is 0 Å². The summed E-state index contributed by atoms with van der Waals surface area (Å²) >= 11 is 0. The summed E-state index contributed by atoms with van der Waals surface area (Å²) in [4.78, 5) is 0. The quantitative estimate of drug-likeness (QED) is 0.535. The molecule has 12 heavy (non-hydrogen) atoms. The molecule has 70 valence electrons. The van der Waals surface area contributed by atoms with Crippen molar-refractivity contribution in [3.05, 3.63) is 12.3 Å². The van der Waals surface area contributed by atoms with Crippen LogP contribution in [0.25, 0.3) is 0 Å². The molecule has 0 radical (unpaired) electrons. The summed E-state index contributed by atoms with van der Waals surface area (Å²) in [6.07, 6.45) is -5.72. The lowest BCUT2D eigenvalue weighted by molar-refractivity contribution is -0.384. The first-order chi connectivity index (χ1) is 5.21. The van der Waals surface area contributed by atoms with Crippen molar-refractivity contribution in [2.24, 2.45) is 0 Å². The largest absolute Gasteiger partial charge is 0.470 e. The van der Waals surface area contributed by atoms with Crippen LogP contribution in [0.1, 0.15) is 0 Å². The van der Waals surface area contributed by atoms with Crippen LogP contribution >= 0.6 is 0 Å². The second-order valence-corrected chi connectivity index (χ2v) is 2.13. The van der Waals surface area contributed by atoms with Crippen LogP contribution in [-0.2, 0) is 4.74 Å². The van der Waals surface area contributed by atoms with Crippen LogP contribution in [0.4, 0.5) is 26.3 Å². The van der Waals surface area contributed by atoms with E-state index < -0.39 is 24.0 Å². The third-order valence-electron chi connectivity index (χ3n) is 1.28. The molecule has 0 fully saturated rings. The highest BCUT2D eigenvalue weighted by Crippen LogP contribution is 2.49. The molecule has 1 aliphatic heterocycles. The van der Waals surface area contributed by atoms with Crippen LogP contribution in [0, 0.1) is 0 Å². The Morgan fingerprint density at radius 3 is 1.75 bits per heavy atom. The molecule has 0 saturated carbocycles. The van der Waals surface area contributed by atoms with E-state index in [2.05, 4.69) is 4.74 Å². The third kappa shape index (κ3) is 0.953. The first-order valence-electron chi connectivity index (χ1n) is 2.70. The molecule has 0 bridgehead atoms. The summed E-state index contributed by atoms with van der Waals surface area (Å²) in [5, 5.41) is 0. The fourth-order valence-corrected chi connectivity index (χ4v) is 0.578. The minimum Gasteiger partial charge on any atom is -0.436 e. The molecule has 0 aromatic heterocycles. The minimum absolute atomic E-state index is 0.141. The zero-order valence-corrected chi connectivity index (χ0v) is 5.33. The van der Waals surface area contributed by atoms with Gasteiger partial charge in [-0.25, -0.2) is 0 Å². The maximum atomic E-state index is 12.1. The highest BCUT2D eigenvalue weighted by molar-refractivity contribution is 5.08. The van der Waals surface area contributed by atoms with Crippen molar-refractivity contribution in [3.63, 3.8) is 0 Å². The van der Waals surface area contributed by atoms with Crippen LogP contribution in [0.15, 0.2) is 12.3 Å². The van der Waals surface area contributed by atoms with E-state index in [4.69, 9.17) is 0 Å². The van der Waals surface area contributed by atoms with Crippen molar-refractivity contribution in [2.45, 2.75) is 18.0 Å². The van der Waals surface area contributed by atoms with Crippen LogP contribution < -0.4 is 0 Å². The molecule has 1 aliphatic rings. The lowest BCUT2D eigenvalue weighted by Crippen LogP contribution is -2.56. The fraction of sp³-hybridized carbons (Fsp3) is 0.600. The van der Waals surface area contributed by atoms with Gasteiger partial charge in [-0.15, -0.1) is 0 Å². The predicted octanol–water partition coefficient (Wildman–Crippen LogP) is 2.39. The summed E-state index contributed by atoms with van der Waals surface area (Å²) < 4.78 is 75.4. The lowest BCUT2D eigenvalue weighted by atomic mass is 10.1. The number of hydrogen-bond donors (Lipinski definition) is 0. The Balaban J connectivity index is 3.13. The topological polar surface area (TPSA) is 9.23 Å². The summed E-state index contributed by atoms with van der Waals surface area (Å²) in [6, 6.07) is 0. The molecular formula is C5H2F6O. The second kappa shape index (κ2) is 2.08. The Labute approximate surface area is 62.6 Å². The van der Waals surface area contributed by atoms with Crippen LogP contribution in [0.5, 0.6) is 0 Å². The van der Waals surface area contributed by atoms with Gasteiger partial charge in [-0.2, -0.15) is 26.3 Å². The Morgan fingerprint density at radius 2 is 1.42 bits per heavy atom. The normalized spacial score (nSPS) is 29.5. The van der Waals surface area contributed by atoms with Crippen molar-refractivity contribution < 1.29 is 31.1 Å². The molecule has 0 atom stereocenters. The molecule has 1 rings (SSSR count). The molecule has 7 heteroatoms. The molecule has 0 aromatic carbocycles. The Kier molecular flexibility index (Phi) is 1.60. The molecule has 1 heterocycles. The summed E-state index contributed by atoms with van der Waals surface area (Å²) in [7, 11) is 0. The van der Waals surface area contributed by atoms with Gasteiger partial charge in [-0.1, -0.05) is 0 Å². The number of ether oxygens (including phenoxy) is 1. The van der Waals surface area contributed by atoms with E-state index in [-0.39, 0.29) is 6.26 Å². The highest BCUT2D eigenvalue weighted by Gasteiger charge is 2.74. The molecule has 0 N–H and O–H groups in total. The minimum atomic E-state index is -5.51. The highest BCUT2D eigenvalue weighted by atomic mass is 19.3. The monoisotopic (exact) mass is 192 g/mol. The predicted molar refractivity (Wildman–Crippen MR) is 25.1 cm³/mol. The van der Waals surface area contributed by atoms with Crippen molar-refractivity contribution in [1.29, 1.82) is 0 Å². The summed E-state index contributed by atoms with van der Waals surface area (Å²) in [5.74, 6) is -10.4.